The number of halogens is 1. The fraction of sp³-hybridized carbons (Fsp3) is 0.429. The third kappa shape index (κ3) is 3.28. The quantitative estimate of drug-likeness (QED) is 0.895. The Labute approximate surface area is 130 Å². The first kappa shape index (κ1) is 13.8. The number of hydrogen-bond acceptors (Lipinski definition) is 4. The van der Waals surface area contributed by atoms with E-state index in [9.17, 15) is 0 Å². The molecule has 1 unspecified atom stereocenters. The molecular weight excluding hydrogens is 340 g/mol. The zero-order valence-corrected chi connectivity index (χ0v) is 13.9. The van der Waals surface area contributed by atoms with Gasteiger partial charge in [0, 0.05) is 29.4 Å². The summed E-state index contributed by atoms with van der Waals surface area (Å²) in [7, 11) is 0. The van der Waals surface area contributed by atoms with Gasteiger partial charge in [-0.05, 0) is 52.5 Å². The third-order valence-corrected chi connectivity index (χ3v) is 6.02. The molecule has 1 aliphatic heterocycles. The summed E-state index contributed by atoms with van der Waals surface area (Å²) < 4.78 is 1.22. The van der Waals surface area contributed by atoms with Gasteiger partial charge < -0.3 is 5.32 Å². The van der Waals surface area contributed by atoms with Crippen molar-refractivity contribution in [1.29, 1.82) is 0 Å². The lowest BCUT2D eigenvalue weighted by atomic mass is 10.1. The summed E-state index contributed by atoms with van der Waals surface area (Å²) in [5.74, 6) is 0. The summed E-state index contributed by atoms with van der Waals surface area (Å²) in [6.07, 6.45) is 1.23. The van der Waals surface area contributed by atoms with Crippen molar-refractivity contribution in [2.75, 3.05) is 26.2 Å². The Morgan fingerprint density at radius 3 is 2.84 bits per heavy atom. The van der Waals surface area contributed by atoms with Crippen molar-refractivity contribution < 1.29 is 0 Å². The van der Waals surface area contributed by atoms with Gasteiger partial charge in [-0.1, -0.05) is 6.07 Å². The fourth-order valence-corrected chi connectivity index (χ4v) is 5.08. The van der Waals surface area contributed by atoms with Gasteiger partial charge in [0.05, 0.1) is 9.83 Å². The van der Waals surface area contributed by atoms with E-state index < -0.39 is 0 Å². The van der Waals surface area contributed by atoms with E-state index in [2.05, 4.69) is 55.8 Å². The predicted molar refractivity (Wildman–Crippen MR) is 87.2 cm³/mol. The van der Waals surface area contributed by atoms with Crippen molar-refractivity contribution in [3.63, 3.8) is 0 Å². The molecule has 5 heteroatoms. The summed E-state index contributed by atoms with van der Waals surface area (Å²) in [5, 5.41) is 5.67. The van der Waals surface area contributed by atoms with Gasteiger partial charge >= 0.3 is 0 Å². The van der Waals surface area contributed by atoms with E-state index in [1.807, 2.05) is 22.7 Å². The van der Waals surface area contributed by atoms with Gasteiger partial charge in [0.15, 0.2) is 0 Å². The van der Waals surface area contributed by atoms with Crippen LogP contribution in [0.25, 0.3) is 0 Å². The fourth-order valence-electron chi connectivity index (χ4n) is 2.55. The highest BCUT2D eigenvalue weighted by Crippen LogP contribution is 2.37. The maximum Gasteiger partial charge on any atom is 0.0790 e. The summed E-state index contributed by atoms with van der Waals surface area (Å²) in [5.41, 5.74) is 0. The highest BCUT2D eigenvalue weighted by Gasteiger charge is 2.25. The Bertz CT molecular complexity index is 501. The van der Waals surface area contributed by atoms with Crippen molar-refractivity contribution in [2.24, 2.45) is 0 Å². The summed E-state index contributed by atoms with van der Waals surface area (Å²) in [6.45, 7) is 4.53. The second kappa shape index (κ2) is 6.50. The van der Waals surface area contributed by atoms with E-state index >= 15 is 0 Å². The van der Waals surface area contributed by atoms with Crippen LogP contribution in [-0.2, 0) is 0 Å². The first-order chi connectivity index (χ1) is 9.34. The maximum atomic E-state index is 3.59. The first-order valence-corrected chi connectivity index (χ1v) is 9.07. The first-order valence-electron chi connectivity index (χ1n) is 6.58. The Morgan fingerprint density at radius 2 is 2.11 bits per heavy atom. The molecule has 102 valence electrons. The molecule has 0 aromatic carbocycles. The Kier molecular flexibility index (Phi) is 4.71. The van der Waals surface area contributed by atoms with Crippen molar-refractivity contribution in [1.82, 2.24) is 10.2 Å². The summed E-state index contributed by atoms with van der Waals surface area (Å²) >= 11 is 7.31. The third-order valence-electron chi connectivity index (χ3n) is 3.42. The van der Waals surface area contributed by atoms with Crippen molar-refractivity contribution in [2.45, 2.75) is 12.5 Å². The monoisotopic (exact) mass is 356 g/mol. The topological polar surface area (TPSA) is 15.3 Å². The van der Waals surface area contributed by atoms with Gasteiger partial charge in [-0.3, -0.25) is 4.90 Å². The number of hydrogen-bond donors (Lipinski definition) is 1. The molecule has 0 spiro atoms. The van der Waals surface area contributed by atoms with Gasteiger partial charge in [-0.25, -0.2) is 0 Å². The Balaban J connectivity index is 1.91. The molecule has 0 aliphatic carbocycles. The normalized spacial score (nSPS) is 19.2. The number of rotatable bonds is 3. The van der Waals surface area contributed by atoms with E-state index in [1.165, 1.54) is 26.5 Å². The molecule has 3 rings (SSSR count). The zero-order chi connectivity index (χ0) is 13.1. The average Bonchev–Trinajstić information content (AvgIpc) is 2.98. The maximum absolute atomic E-state index is 3.59. The van der Waals surface area contributed by atoms with Crippen LogP contribution in [0.15, 0.2) is 33.4 Å². The van der Waals surface area contributed by atoms with Crippen LogP contribution in [0.2, 0.25) is 0 Å². The van der Waals surface area contributed by atoms with Gasteiger partial charge in [0.25, 0.3) is 0 Å². The lowest BCUT2D eigenvalue weighted by Crippen LogP contribution is -2.32. The van der Waals surface area contributed by atoms with E-state index in [4.69, 9.17) is 0 Å². The molecule has 3 heterocycles. The SMILES string of the molecule is Brc1ccc(C(c2cccs2)N2CCCNCC2)s1. The number of nitrogens with zero attached hydrogens (tertiary/aromatic N) is 1. The average molecular weight is 357 g/mol. The minimum atomic E-state index is 0.427. The van der Waals surface area contributed by atoms with Crippen LogP contribution in [-0.4, -0.2) is 31.1 Å². The van der Waals surface area contributed by atoms with Gasteiger partial charge in [0.1, 0.15) is 0 Å². The summed E-state index contributed by atoms with van der Waals surface area (Å²) in [4.78, 5) is 5.51. The lowest BCUT2D eigenvalue weighted by Gasteiger charge is -2.29. The lowest BCUT2D eigenvalue weighted by molar-refractivity contribution is 0.247. The zero-order valence-electron chi connectivity index (χ0n) is 10.6. The number of nitrogens with one attached hydrogen (secondary N) is 1. The minimum absolute atomic E-state index is 0.427. The molecule has 19 heavy (non-hydrogen) atoms. The van der Waals surface area contributed by atoms with Crippen LogP contribution in [0.1, 0.15) is 22.2 Å². The molecule has 2 nitrogen and oxygen atoms in total. The van der Waals surface area contributed by atoms with Crippen LogP contribution in [0.4, 0.5) is 0 Å². The molecular formula is C14H17BrN2S2. The summed E-state index contributed by atoms with van der Waals surface area (Å²) in [6, 6.07) is 9.28. The standard InChI is InChI=1S/C14H17BrN2S2/c15-13-5-4-12(19-13)14(11-3-1-10-18-11)17-8-2-6-16-7-9-17/h1,3-5,10,14,16H,2,6-9H2. The van der Waals surface area contributed by atoms with Crippen molar-refractivity contribution in [3.8, 4) is 0 Å². The molecule has 0 bridgehead atoms. The largest absolute Gasteiger partial charge is 0.315 e. The predicted octanol–water partition coefficient (Wildman–Crippen LogP) is 3.96. The van der Waals surface area contributed by atoms with Crippen LogP contribution in [0, 0.1) is 0 Å². The smallest absolute Gasteiger partial charge is 0.0790 e. The second-order valence-electron chi connectivity index (χ2n) is 4.70. The molecule has 2 aromatic rings. The molecule has 1 atom stereocenters. The minimum Gasteiger partial charge on any atom is -0.315 e. The molecule has 1 aliphatic rings. The molecule has 0 radical (unpaired) electrons. The van der Waals surface area contributed by atoms with E-state index in [-0.39, 0.29) is 0 Å². The van der Waals surface area contributed by atoms with E-state index in [0.29, 0.717) is 6.04 Å². The molecule has 1 fully saturated rings. The van der Waals surface area contributed by atoms with Crippen molar-refractivity contribution in [3.05, 3.63) is 43.2 Å². The van der Waals surface area contributed by atoms with Gasteiger partial charge in [0.2, 0.25) is 0 Å². The van der Waals surface area contributed by atoms with Crippen LogP contribution < -0.4 is 5.32 Å². The van der Waals surface area contributed by atoms with Crippen LogP contribution >= 0.6 is 38.6 Å². The van der Waals surface area contributed by atoms with Crippen molar-refractivity contribution >= 4 is 38.6 Å². The molecule has 2 aromatic heterocycles. The van der Waals surface area contributed by atoms with E-state index in [0.717, 1.165) is 19.6 Å². The van der Waals surface area contributed by atoms with E-state index in [1.54, 1.807) is 0 Å². The highest BCUT2D eigenvalue weighted by molar-refractivity contribution is 9.11. The van der Waals surface area contributed by atoms with Crippen LogP contribution in [0.3, 0.4) is 0 Å². The second-order valence-corrected chi connectivity index (χ2v) is 8.17. The van der Waals surface area contributed by atoms with Gasteiger partial charge in [-0.2, -0.15) is 0 Å². The molecule has 1 saturated heterocycles. The molecule has 0 saturated carbocycles. The Morgan fingerprint density at radius 1 is 1.16 bits per heavy atom. The number of thiophene rings is 2. The Hall–Kier alpha value is -0.200. The van der Waals surface area contributed by atoms with Crippen LogP contribution in [0.5, 0.6) is 0 Å². The highest BCUT2D eigenvalue weighted by atomic mass is 79.9. The molecule has 0 amide bonds. The van der Waals surface area contributed by atoms with Gasteiger partial charge in [-0.15, -0.1) is 22.7 Å². The molecule has 1 N–H and O–H groups in total.